The number of hydrogen-bond donors (Lipinski definition) is 0. The Labute approximate surface area is 65.5 Å². The van der Waals surface area contributed by atoms with Gasteiger partial charge in [-0.3, -0.25) is 0 Å². The van der Waals surface area contributed by atoms with Crippen molar-refractivity contribution in [2.24, 2.45) is 0 Å². The molecule has 0 bridgehead atoms. The molecule has 1 aliphatic heterocycles. The van der Waals surface area contributed by atoms with E-state index in [2.05, 4.69) is 0 Å². The van der Waals surface area contributed by atoms with Gasteiger partial charge in [0.15, 0.2) is 16.1 Å². The molecule has 1 aliphatic rings. The molecule has 5 heteroatoms. The first-order valence-electron chi connectivity index (χ1n) is 3.25. The van der Waals surface area contributed by atoms with Gasteiger partial charge < -0.3 is 9.53 Å². The molecule has 0 saturated carbocycles. The monoisotopic (exact) mass is 178 g/mol. The van der Waals surface area contributed by atoms with Crippen molar-refractivity contribution in [3.05, 3.63) is 0 Å². The van der Waals surface area contributed by atoms with Crippen LogP contribution in [-0.4, -0.2) is 38.9 Å². The van der Waals surface area contributed by atoms with Gasteiger partial charge in [0.2, 0.25) is 0 Å². The fourth-order valence-corrected chi connectivity index (χ4v) is 3.02. The summed E-state index contributed by atoms with van der Waals surface area (Å²) in [5.41, 5.74) is -1.06. The minimum Gasteiger partial charge on any atom is -0.370 e. The Morgan fingerprint density at radius 2 is 2.18 bits per heavy atom. The molecule has 4 nitrogen and oxygen atoms in total. The Kier molecular flexibility index (Phi) is 2.02. The van der Waals surface area contributed by atoms with E-state index in [0.717, 1.165) is 0 Å². The summed E-state index contributed by atoms with van der Waals surface area (Å²) >= 11 is 0. The molecule has 0 aliphatic carbocycles. The highest BCUT2D eigenvalue weighted by Gasteiger charge is 2.42. The van der Waals surface area contributed by atoms with Crippen molar-refractivity contribution >= 4 is 16.1 Å². The highest BCUT2D eigenvalue weighted by Crippen LogP contribution is 2.24. The van der Waals surface area contributed by atoms with Gasteiger partial charge >= 0.3 is 0 Å². The Morgan fingerprint density at radius 1 is 1.55 bits per heavy atom. The molecule has 11 heavy (non-hydrogen) atoms. The number of carbonyl (C=O) groups is 1. The molecule has 1 atom stereocenters. The van der Waals surface area contributed by atoms with Crippen LogP contribution in [0, 0.1) is 0 Å². The summed E-state index contributed by atoms with van der Waals surface area (Å²) in [6, 6.07) is 0. The van der Waals surface area contributed by atoms with E-state index in [-0.39, 0.29) is 17.9 Å². The van der Waals surface area contributed by atoms with Gasteiger partial charge in [-0.25, -0.2) is 8.42 Å². The maximum absolute atomic E-state index is 10.9. The molecule has 0 amide bonds. The lowest BCUT2D eigenvalue weighted by atomic mass is 10.1. The Morgan fingerprint density at radius 3 is 2.36 bits per heavy atom. The zero-order valence-corrected chi connectivity index (χ0v) is 7.06. The van der Waals surface area contributed by atoms with E-state index in [1.165, 1.54) is 7.11 Å². The lowest BCUT2D eigenvalue weighted by molar-refractivity contribution is -0.124. The maximum atomic E-state index is 10.9. The molecule has 1 heterocycles. The molecular formula is C6H10O4S. The van der Waals surface area contributed by atoms with E-state index in [1.54, 1.807) is 0 Å². The quantitative estimate of drug-likeness (QED) is 0.529. The predicted molar refractivity (Wildman–Crippen MR) is 39.1 cm³/mol. The summed E-state index contributed by atoms with van der Waals surface area (Å²) in [5, 5.41) is 0. The summed E-state index contributed by atoms with van der Waals surface area (Å²) in [4.78, 5) is 10.5. The Balaban J connectivity index is 2.87. The molecule has 0 N–H and O–H groups in total. The van der Waals surface area contributed by atoms with Gasteiger partial charge in [0.1, 0.15) is 5.60 Å². The van der Waals surface area contributed by atoms with Gasteiger partial charge in [-0.15, -0.1) is 0 Å². The van der Waals surface area contributed by atoms with Crippen LogP contribution < -0.4 is 0 Å². The molecule has 0 aromatic carbocycles. The largest absolute Gasteiger partial charge is 0.370 e. The first-order valence-corrected chi connectivity index (χ1v) is 5.08. The summed E-state index contributed by atoms with van der Waals surface area (Å²) in [6.45, 7) is 0. The van der Waals surface area contributed by atoms with Crippen LogP contribution in [0.5, 0.6) is 0 Å². The van der Waals surface area contributed by atoms with Crippen LogP contribution in [0.3, 0.4) is 0 Å². The highest BCUT2D eigenvalue weighted by atomic mass is 32.2. The third-order valence-electron chi connectivity index (χ3n) is 1.92. The molecule has 64 valence electrons. The van der Waals surface area contributed by atoms with Crippen molar-refractivity contribution in [2.45, 2.75) is 12.0 Å². The van der Waals surface area contributed by atoms with Crippen molar-refractivity contribution in [3.8, 4) is 0 Å². The average Bonchev–Trinajstić information content (AvgIpc) is 2.28. The lowest BCUT2D eigenvalue weighted by Gasteiger charge is -2.16. The fraction of sp³-hybridized carbons (Fsp3) is 0.833. The first-order chi connectivity index (χ1) is 5.04. The molecule has 0 spiro atoms. The molecule has 0 aromatic rings. The number of methoxy groups -OCH3 is 1. The van der Waals surface area contributed by atoms with Crippen LogP contribution in [0.25, 0.3) is 0 Å². The van der Waals surface area contributed by atoms with Gasteiger partial charge in [-0.1, -0.05) is 0 Å². The summed E-state index contributed by atoms with van der Waals surface area (Å²) < 4.78 is 26.7. The van der Waals surface area contributed by atoms with Gasteiger partial charge in [0, 0.05) is 7.11 Å². The second-order valence-electron chi connectivity index (χ2n) is 2.73. The molecular weight excluding hydrogens is 168 g/mol. The van der Waals surface area contributed by atoms with E-state index in [1.807, 2.05) is 0 Å². The number of carbonyl (C=O) groups excluding carboxylic acids is 1. The maximum Gasteiger partial charge on any atom is 0.153 e. The van der Waals surface area contributed by atoms with E-state index >= 15 is 0 Å². The van der Waals surface area contributed by atoms with Crippen LogP contribution in [0.1, 0.15) is 6.42 Å². The summed E-state index contributed by atoms with van der Waals surface area (Å²) in [7, 11) is -1.68. The van der Waals surface area contributed by atoms with Crippen molar-refractivity contribution < 1.29 is 17.9 Å². The van der Waals surface area contributed by atoms with Gasteiger partial charge in [-0.05, 0) is 6.42 Å². The number of sulfone groups is 1. The van der Waals surface area contributed by atoms with Crippen LogP contribution >= 0.6 is 0 Å². The van der Waals surface area contributed by atoms with E-state index in [9.17, 15) is 13.2 Å². The molecule has 1 fully saturated rings. The smallest absolute Gasteiger partial charge is 0.153 e. The number of aldehydes is 1. The Hall–Kier alpha value is -0.420. The normalized spacial score (nSPS) is 35.4. The standard InChI is InChI=1S/C6H10O4S/c1-10-6(4-7)2-3-11(8,9)5-6/h4H,2-3,5H2,1H3. The van der Waals surface area contributed by atoms with Gasteiger partial charge in [-0.2, -0.15) is 0 Å². The zero-order valence-electron chi connectivity index (χ0n) is 6.24. The van der Waals surface area contributed by atoms with Crippen LogP contribution in [0.2, 0.25) is 0 Å². The summed E-state index contributed by atoms with van der Waals surface area (Å²) in [5.74, 6) is -0.112. The third-order valence-corrected chi connectivity index (χ3v) is 3.68. The van der Waals surface area contributed by atoms with Crippen molar-refractivity contribution in [1.29, 1.82) is 0 Å². The van der Waals surface area contributed by atoms with Crippen LogP contribution in [-0.2, 0) is 19.4 Å². The zero-order chi connectivity index (χ0) is 8.54. The highest BCUT2D eigenvalue weighted by molar-refractivity contribution is 7.91. The van der Waals surface area contributed by atoms with Crippen LogP contribution in [0.15, 0.2) is 0 Å². The number of rotatable bonds is 2. The van der Waals surface area contributed by atoms with E-state index < -0.39 is 15.4 Å². The van der Waals surface area contributed by atoms with Gasteiger partial charge in [0.25, 0.3) is 0 Å². The minimum atomic E-state index is -3.03. The summed E-state index contributed by atoms with van der Waals surface area (Å²) in [6.07, 6.45) is 0.868. The topological polar surface area (TPSA) is 60.4 Å². The average molecular weight is 178 g/mol. The van der Waals surface area contributed by atoms with Crippen molar-refractivity contribution in [2.75, 3.05) is 18.6 Å². The fourth-order valence-electron chi connectivity index (χ4n) is 1.15. The second kappa shape index (κ2) is 2.57. The number of ether oxygens (including phenoxy) is 1. The van der Waals surface area contributed by atoms with Crippen molar-refractivity contribution in [3.63, 3.8) is 0 Å². The minimum absolute atomic E-state index is 0.0551. The molecule has 1 unspecified atom stereocenters. The molecule has 0 aromatic heterocycles. The molecule has 0 radical (unpaired) electrons. The molecule has 1 rings (SSSR count). The SMILES string of the molecule is COC1(C=O)CCS(=O)(=O)C1. The Bertz CT molecular complexity index is 256. The van der Waals surface area contributed by atoms with Gasteiger partial charge in [0.05, 0.1) is 11.5 Å². The second-order valence-corrected chi connectivity index (χ2v) is 4.91. The lowest BCUT2D eigenvalue weighted by Crippen LogP contribution is -2.34. The van der Waals surface area contributed by atoms with E-state index in [0.29, 0.717) is 6.29 Å². The van der Waals surface area contributed by atoms with Crippen molar-refractivity contribution in [1.82, 2.24) is 0 Å². The molecule has 1 saturated heterocycles. The van der Waals surface area contributed by atoms with E-state index in [4.69, 9.17) is 4.74 Å². The van der Waals surface area contributed by atoms with Crippen LogP contribution in [0.4, 0.5) is 0 Å². The predicted octanol–water partition coefficient (Wildman–Crippen LogP) is -0.611. The third kappa shape index (κ3) is 1.59. The number of hydrogen-bond acceptors (Lipinski definition) is 4. The first kappa shape index (κ1) is 8.67.